The SMILES string of the molecule is CC1(CNS(=O)(=O)c2ccccc2S(N)(=O)=O)CCC1. The molecule has 0 spiro atoms. The monoisotopic (exact) mass is 318 g/mol. The van der Waals surface area contributed by atoms with E-state index in [1.54, 1.807) is 0 Å². The fraction of sp³-hybridized carbons (Fsp3) is 0.500. The zero-order valence-corrected chi connectivity index (χ0v) is 12.8. The van der Waals surface area contributed by atoms with Crippen LogP contribution in [0.3, 0.4) is 0 Å². The number of nitrogens with two attached hydrogens (primary N) is 1. The van der Waals surface area contributed by atoms with E-state index in [-0.39, 0.29) is 15.2 Å². The molecule has 2 rings (SSSR count). The van der Waals surface area contributed by atoms with Crippen molar-refractivity contribution in [3.63, 3.8) is 0 Å². The van der Waals surface area contributed by atoms with Gasteiger partial charge in [-0.05, 0) is 30.4 Å². The third kappa shape index (κ3) is 3.20. The summed E-state index contributed by atoms with van der Waals surface area (Å²) in [7, 11) is -7.97. The summed E-state index contributed by atoms with van der Waals surface area (Å²) in [5, 5.41) is 5.05. The highest BCUT2D eigenvalue weighted by molar-refractivity contribution is 7.92. The minimum Gasteiger partial charge on any atom is -0.225 e. The van der Waals surface area contributed by atoms with E-state index in [1.165, 1.54) is 24.3 Å². The number of primary sulfonamides is 1. The van der Waals surface area contributed by atoms with Crippen molar-refractivity contribution in [2.45, 2.75) is 36.0 Å². The quantitative estimate of drug-likeness (QED) is 0.837. The number of rotatable bonds is 5. The molecular weight excluding hydrogens is 300 g/mol. The molecule has 1 aromatic carbocycles. The van der Waals surface area contributed by atoms with Crippen LogP contribution in [-0.2, 0) is 20.0 Å². The summed E-state index contributed by atoms with van der Waals surface area (Å²) in [4.78, 5) is -0.684. The van der Waals surface area contributed by atoms with Gasteiger partial charge in [-0.15, -0.1) is 0 Å². The molecule has 6 nitrogen and oxygen atoms in total. The highest BCUT2D eigenvalue weighted by Gasteiger charge is 2.34. The summed E-state index contributed by atoms with van der Waals surface area (Å²) < 4.78 is 49.9. The van der Waals surface area contributed by atoms with Gasteiger partial charge < -0.3 is 0 Å². The maximum absolute atomic E-state index is 12.3. The lowest BCUT2D eigenvalue weighted by Gasteiger charge is -2.38. The Kier molecular flexibility index (Phi) is 3.94. The summed E-state index contributed by atoms with van der Waals surface area (Å²) in [5.41, 5.74) is -0.0381. The van der Waals surface area contributed by atoms with Crippen molar-refractivity contribution in [1.29, 1.82) is 0 Å². The molecule has 20 heavy (non-hydrogen) atoms. The van der Waals surface area contributed by atoms with Crippen LogP contribution in [0.2, 0.25) is 0 Å². The van der Waals surface area contributed by atoms with E-state index < -0.39 is 20.0 Å². The molecule has 0 bridgehead atoms. The molecule has 112 valence electrons. The Balaban J connectivity index is 2.30. The van der Waals surface area contributed by atoms with Crippen molar-refractivity contribution < 1.29 is 16.8 Å². The van der Waals surface area contributed by atoms with Gasteiger partial charge in [0, 0.05) is 6.54 Å². The van der Waals surface area contributed by atoms with Crippen LogP contribution < -0.4 is 9.86 Å². The van der Waals surface area contributed by atoms with E-state index >= 15 is 0 Å². The molecule has 0 saturated heterocycles. The van der Waals surface area contributed by atoms with E-state index in [0.717, 1.165) is 19.3 Å². The van der Waals surface area contributed by atoms with Crippen LogP contribution in [0.15, 0.2) is 34.1 Å². The van der Waals surface area contributed by atoms with Gasteiger partial charge in [-0.25, -0.2) is 26.7 Å². The number of hydrogen-bond acceptors (Lipinski definition) is 4. The summed E-state index contributed by atoms with van der Waals surface area (Å²) in [6, 6.07) is 5.33. The van der Waals surface area contributed by atoms with Gasteiger partial charge >= 0.3 is 0 Å². The minimum absolute atomic E-state index is 0.0381. The van der Waals surface area contributed by atoms with Gasteiger partial charge in [0.1, 0.15) is 9.79 Å². The molecule has 1 fully saturated rings. The average molecular weight is 318 g/mol. The first-order valence-corrected chi connectivity index (χ1v) is 9.29. The highest BCUT2D eigenvalue weighted by atomic mass is 32.2. The second-order valence-electron chi connectivity index (χ2n) is 5.48. The second-order valence-corrected chi connectivity index (χ2v) is 8.75. The summed E-state index contributed by atoms with van der Waals surface area (Å²) in [6.07, 6.45) is 3.02. The molecular formula is C12H18N2O4S2. The van der Waals surface area contributed by atoms with Gasteiger partial charge in [0.05, 0.1) is 0 Å². The number of nitrogens with one attached hydrogen (secondary N) is 1. The summed E-state index contributed by atoms with van der Waals surface area (Å²) in [6.45, 7) is 2.30. The van der Waals surface area contributed by atoms with Gasteiger partial charge in [0.15, 0.2) is 0 Å². The van der Waals surface area contributed by atoms with E-state index in [0.29, 0.717) is 6.54 Å². The first-order valence-electron chi connectivity index (χ1n) is 6.26. The van der Waals surface area contributed by atoms with Gasteiger partial charge in [-0.2, -0.15) is 0 Å². The largest absolute Gasteiger partial charge is 0.241 e. The Morgan fingerprint density at radius 2 is 1.70 bits per heavy atom. The molecule has 1 aliphatic rings. The van der Waals surface area contributed by atoms with Gasteiger partial charge in [0.2, 0.25) is 20.0 Å². The Bertz CT molecular complexity index is 707. The molecule has 3 N–H and O–H groups in total. The van der Waals surface area contributed by atoms with Crippen molar-refractivity contribution in [1.82, 2.24) is 4.72 Å². The lowest BCUT2D eigenvalue weighted by molar-refractivity contribution is 0.166. The number of benzene rings is 1. The van der Waals surface area contributed by atoms with E-state index in [1.807, 2.05) is 6.92 Å². The Morgan fingerprint density at radius 3 is 2.15 bits per heavy atom. The molecule has 8 heteroatoms. The number of sulfonamides is 2. The maximum Gasteiger partial charge on any atom is 0.241 e. The minimum atomic E-state index is -4.08. The van der Waals surface area contributed by atoms with Crippen molar-refractivity contribution in [2.24, 2.45) is 10.6 Å². The third-order valence-corrected chi connectivity index (χ3v) is 6.25. The average Bonchev–Trinajstić information content (AvgIpc) is 2.33. The van der Waals surface area contributed by atoms with Crippen molar-refractivity contribution in [3.8, 4) is 0 Å². The zero-order valence-electron chi connectivity index (χ0n) is 11.2. The van der Waals surface area contributed by atoms with Crippen LogP contribution in [0.5, 0.6) is 0 Å². The molecule has 0 radical (unpaired) electrons. The van der Waals surface area contributed by atoms with Crippen LogP contribution in [0.4, 0.5) is 0 Å². The molecule has 1 aromatic rings. The second kappa shape index (κ2) is 5.10. The maximum atomic E-state index is 12.3. The summed E-state index contributed by atoms with van der Waals surface area (Å²) >= 11 is 0. The van der Waals surface area contributed by atoms with E-state index in [9.17, 15) is 16.8 Å². The van der Waals surface area contributed by atoms with Crippen LogP contribution in [0, 0.1) is 5.41 Å². The lowest BCUT2D eigenvalue weighted by atomic mass is 9.71. The van der Waals surface area contributed by atoms with Crippen molar-refractivity contribution in [2.75, 3.05) is 6.54 Å². The highest BCUT2D eigenvalue weighted by Crippen LogP contribution is 2.39. The fourth-order valence-electron chi connectivity index (χ4n) is 2.21. The number of hydrogen-bond donors (Lipinski definition) is 2. The van der Waals surface area contributed by atoms with E-state index in [2.05, 4.69) is 4.72 Å². The molecule has 0 aromatic heterocycles. The van der Waals surface area contributed by atoms with Gasteiger partial charge in [-0.3, -0.25) is 0 Å². The zero-order chi connectivity index (χ0) is 15.0. The Hall–Kier alpha value is -0.960. The third-order valence-electron chi connectivity index (χ3n) is 3.69. The first-order chi connectivity index (χ1) is 9.14. The normalized spacial score (nSPS) is 18.5. The topological polar surface area (TPSA) is 106 Å². The summed E-state index contributed by atoms with van der Waals surface area (Å²) in [5.74, 6) is 0. The predicted octanol–water partition coefficient (Wildman–Crippen LogP) is 0.802. The Labute approximate surface area is 119 Å². The molecule has 0 heterocycles. The molecule has 1 saturated carbocycles. The van der Waals surface area contributed by atoms with Gasteiger partial charge in [-0.1, -0.05) is 25.5 Å². The predicted molar refractivity (Wildman–Crippen MR) is 75.0 cm³/mol. The molecule has 1 aliphatic carbocycles. The van der Waals surface area contributed by atoms with Crippen molar-refractivity contribution in [3.05, 3.63) is 24.3 Å². The molecule has 0 aliphatic heterocycles. The molecule has 0 atom stereocenters. The Morgan fingerprint density at radius 1 is 1.15 bits per heavy atom. The first kappa shape index (κ1) is 15.4. The van der Waals surface area contributed by atoms with E-state index in [4.69, 9.17) is 5.14 Å². The van der Waals surface area contributed by atoms with Crippen LogP contribution in [0.25, 0.3) is 0 Å². The van der Waals surface area contributed by atoms with Gasteiger partial charge in [0.25, 0.3) is 0 Å². The van der Waals surface area contributed by atoms with Crippen molar-refractivity contribution >= 4 is 20.0 Å². The molecule has 0 unspecified atom stereocenters. The fourth-order valence-corrected chi connectivity index (χ4v) is 4.79. The molecule has 0 amide bonds. The lowest BCUT2D eigenvalue weighted by Crippen LogP contribution is -2.40. The van der Waals surface area contributed by atoms with Crippen LogP contribution in [-0.4, -0.2) is 23.4 Å². The van der Waals surface area contributed by atoms with Crippen LogP contribution >= 0.6 is 0 Å². The standard InChI is InChI=1S/C12H18N2O4S2/c1-12(7-4-8-12)9-14-20(17,18)11-6-3-2-5-10(11)19(13,15)16/h2-3,5-6,14H,4,7-9H2,1H3,(H2,13,15,16). The smallest absolute Gasteiger partial charge is 0.225 e. The van der Waals surface area contributed by atoms with Crippen LogP contribution in [0.1, 0.15) is 26.2 Å².